The second-order valence-electron chi connectivity index (χ2n) is 6.85. The summed E-state index contributed by atoms with van der Waals surface area (Å²) < 4.78 is 1.10. The molecule has 0 aliphatic rings. The molecule has 0 atom stereocenters. The molecule has 5 nitrogen and oxygen atoms in total. The lowest BCUT2D eigenvalue weighted by atomic mass is 9.87. The van der Waals surface area contributed by atoms with E-state index in [-0.39, 0.29) is 27.7 Å². The normalized spacial score (nSPS) is 11.0. The Balaban J connectivity index is 2.14. The van der Waals surface area contributed by atoms with Gasteiger partial charge in [-0.1, -0.05) is 48.8 Å². The van der Waals surface area contributed by atoms with Gasteiger partial charge in [0.2, 0.25) is 0 Å². The predicted molar refractivity (Wildman–Crippen MR) is 118 cm³/mol. The first-order valence-corrected chi connectivity index (χ1v) is 9.93. The highest BCUT2D eigenvalue weighted by atomic mass is 79.9. The van der Waals surface area contributed by atoms with E-state index in [1.165, 1.54) is 6.07 Å². The summed E-state index contributed by atoms with van der Waals surface area (Å²) in [6.07, 6.45) is 0. The summed E-state index contributed by atoms with van der Waals surface area (Å²) in [5.41, 5.74) is 1.85. The number of thiocarbonyl (C=S) groups is 1. The molecule has 1 amide bonds. The standard InChI is InChI=1S/C19H18Br2N2O3S/c1-19(2,3)11-6-4-10(5-7-11)16(24)23-18(27)22-15-13(17(25)26)8-12(20)9-14(15)21/h4-9H,1-3H3,(H,25,26)(H2,22,23,24,27). The van der Waals surface area contributed by atoms with E-state index in [0.717, 1.165) is 5.56 Å². The van der Waals surface area contributed by atoms with Crippen LogP contribution in [0.5, 0.6) is 0 Å². The molecule has 0 fully saturated rings. The Morgan fingerprint density at radius 3 is 2.19 bits per heavy atom. The number of rotatable bonds is 3. The van der Waals surface area contributed by atoms with Crippen molar-refractivity contribution in [2.24, 2.45) is 0 Å². The van der Waals surface area contributed by atoms with Crippen LogP contribution in [0.2, 0.25) is 0 Å². The van der Waals surface area contributed by atoms with Gasteiger partial charge in [-0.2, -0.15) is 0 Å². The molecule has 0 radical (unpaired) electrons. The van der Waals surface area contributed by atoms with Crippen LogP contribution in [0.1, 0.15) is 47.1 Å². The maximum atomic E-state index is 12.4. The SMILES string of the molecule is CC(C)(C)c1ccc(C(=O)NC(=S)Nc2c(Br)cc(Br)cc2C(=O)O)cc1. The van der Waals surface area contributed by atoms with Crippen LogP contribution in [0.25, 0.3) is 0 Å². The van der Waals surface area contributed by atoms with Crippen LogP contribution in [0.15, 0.2) is 45.3 Å². The van der Waals surface area contributed by atoms with E-state index in [4.69, 9.17) is 12.2 Å². The zero-order chi connectivity index (χ0) is 20.4. The van der Waals surface area contributed by atoms with Gasteiger partial charge in [0.25, 0.3) is 5.91 Å². The third-order valence-corrected chi connectivity index (χ3v) is 5.05. The fourth-order valence-corrected chi connectivity index (χ4v) is 3.83. The number of carbonyl (C=O) groups is 2. The Morgan fingerprint density at radius 1 is 1.07 bits per heavy atom. The average Bonchev–Trinajstić information content (AvgIpc) is 2.56. The summed E-state index contributed by atoms with van der Waals surface area (Å²) in [5.74, 6) is -1.50. The first kappa shape index (κ1) is 21.5. The number of carbonyl (C=O) groups excluding carboxylic acids is 1. The Morgan fingerprint density at radius 2 is 1.67 bits per heavy atom. The number of carboxylic acids is 1. The minimum Gasteiger partial charge on any atom is -0.478 e. The average molecular weight is 514 g/mol. The third kappa shape index (κ3) is 5.60. The van der Waals surface area contributed by atoms with Gasteiger partial charge in [-0.05, 0) is 63.4 Å². The van der Waals surface area contributed by atoms with Crippen LogP contribution >= 0.6 is 44.1 Å². The molecular formula is C19H18Br2N2O3S. The van der Waals surface area contributed by atoms with E-state index in [1.807, 2.05) is 12.1 Å². The molecule has 2 aromatic carbocycles. The van der Waals surface area contributed by atoms with Gasteiger partial charge >= 0.3 is 5.97 Å². The molecule has 27 heavy (non-hydrogen) atoms. The van der Waals surface area contributed by atoms with Gasteiger partial charge in [-0.25, -0.2) is 4.79 Å². The van der Waals surface area contributed by atoms with E-state index in [1.54, 1.807) is 18.2 Å². The molecule has 0 unspecified atom stereocenters. The van der Waals surface area contributed by atoms with Gasteiger partial charge in [0.15, 0.2) is 5.11 Å². The monoisotopic (exact) mass is 512 g/mol. The van der Waals surface area contributed by atoms with Crippen molar-refractivity contribution in [1.29, 1.82) is 0 Å². The summed E-state index contributed by atoms with van der Waals surface area (Å²) >= 11 is 11.7. The second kappa shape index (κ2) is 8.50. The smallest absolute Gasteiger partial charge is 0.337 e. The van der Waals surface area contributed by atoms with Crippen molar-refractivity contribution in [2.45, 2.75) is 26.2 Å². The number of hydrogen-bond acceptors (Lipinski definition) is 3. The van der Waals surface area contributed by atoms with Crippen LogP contribution < -0.4 is 10.6 Å². The summed E-state index contributed by atoms with van der Waals surface area (Å²) in [6, 6.07) is 10.4. The quantitative estimate of drug-likeness (QED) is 0.483. The fourth-order valence-electron chi connectivity index (χ4n) is 2.31. The molecule has 8 heteroatoms. The molecular weight excluding hydrogens is 496 g/mol. The van der Waals surface area contributed by atoms with Crippen molar-refractivity contribution >= 4 is 66.8 Å². The Hall–Kier alpha value is -1.77. The second-order valence-corrected chi connectivity index (χ2v) is 9.03. The van der Waals surface area contributed by atoms with Gasteiger partial charge in [0, 0.05) is 14.5 Å². The van der Waals surface area contributed by atoms with Gasteiger partial charge in [0.1, 0.15) is 0 Å². The molecule has 3 N–H and O–H groups in total. The van der Waals surface area contributed by atoms with Gasteiger partial charge in [0.05, 0.1) is 11.3 Å². The summed E-state index contributed by atoms with van der Waals surface area (Å²) in [6.45, 7) is 6.28. The molecule has 0 aliphatic heterocycles. The molecule has 0 bridgehead atoms. The maximum absolute atomic E-state index is 12.4. The first-order valence-electron chi connectivity index (χ1n) is 7.94. The lowest BCUT2D eigenvalue weighted by Crippen LogP contribution is -2.34. The molecule has 142 valence electrons. The molecule has 0 spiro atoms. The van der Waals surface area contributed by atoms with Gasteiger partial charge in [-0.3, -0.25) is 10.1 Å². The molecule has 2 aromatic rings. The minimum absolute atomic E-state index is 0.00502. The van der Waals surface area contributed by atoms with Crippen LogP contribution in [0.3, 0.4) is 0 Å². The van der Waals surface area contributed by atoms with Crippen molar-refractivity contribution in [3.8, 4) is 0 Å². The summed E-state index contributed by atoms with van der Waals surface area (Å²) in [7, 11) is 0. The lowest BCUT2D eigenvalue weighted by molar-refractivity contribution is 0.0697. The zero-order valence-corrected chi connectivity index (χ0v) is 18.9. The van der Waals surface area contributed by atoms with Crippen molar-refractivity contribution in [2.75, 3.05) is 5.32 Å². The zero-order valence-electron chi connectivity index (χ0n) is 14.9. The minimum atomic E-state index is -1.12. The lowest BCUT2D eigenvalue weighted by Gasteiger charge is -2.19. The number of carboxylic acid groups (broad SMARTS) is 1. The van der Waals surface area contributed by atoms with Crippen molar-refractivity contribution in [3.63, 3.8) is 0 Å². The highest BCUT2D eigenvalue weighted by Gasteiger charge is 2.18. The van der Waals surface area contributed by atoms with Crippen LogP contribution in [-0.2, 0) is 5.41 Å². The first-order chi connectivity index (χ1) is 12.5. The number of halogens is 2. The molecule has 0 aliphatic carbocycles. The highest BCUT2D eigenvalue weighted by Crippen LogP contribution is 2.31. The summed E-state index contributed by atoms with van der Waals surface area (Å²) in [5, 5.41) is 14.7. The van der Waals surface area contributed by atoms with Crippen LogP contribution in [0.4, 0.5) is 5.69 Å². The molecule has 0 heterocycles. The molecule has 0 aromatic heterocycles. The number of benzene rings is 2. The highest BCUT2D eigenvalue weighted by molar-refractivity contribution is 9.11. The fraction of sp³-hybridized carbons (Fsp3) is 0.211. The number of nitrogens with one attached hydrogen (secondary N) is 2. The Labute approximate surface area is 179 Å². The number of anilines is 1. The maximum Gasteiger partial charge on any atom is 0.337 e. The van der Waals surface area contributed by atoms with Gasteiger partial charge < -0.3 is 10.4 Å². The van der Waals surface area contributed by atoms with Crippen molar-refractivity contribution in [1.82, 2.24) is 5.32 Å². The number of hydrogen-bond donors (Lipinski definition) is 3. The molecule has 2 rings (SSSR count). The van der Waals surface area contributed by atoms with E-state index in [2.05, 4.69) is 63.3 Å². The molecule has 0 saturated heterocycles. The topological polar surface area (TPSA) is 78.4 Å². The van der Waals surface area contributed by atoms with Crippen LogP contribution in [0, 0.1) is 0 Å². The van der Waals surface area contributed by atoms with Crippen molar-refractivity contribution < 1.29 is 14.7 Å². The van der Waals surface area contributed by atoms with E-state index in [0.29, 0.717) is 14.5 Å². The number of amides is 1. The van der Waals surface area contributed by atoms with Gasteiger partial charge in [-0.15, -0.1) is 0 Å². The third-order valence-electron chi connectivity index (χ3n) is 3.76. The Bertz CT molecular complexity index is 906. The van der Waals surface area contributed by atoms with E-state index >= 15 is 0 Å². The summed E-state index contributed by atoms with van der Waals surface area (Å²) in [4.78, 5) is 23.8. The van der Waals surface area contributed by atoms with E-state index < -0.39 is 5.97 Å². The number of aromatic carboxylic acids is 1. The van der Waals surface area contributed by atoms with E-state index in [9.17, 15) is 14.7 Å². The largest absolute Gasteiger partial charge is 0.478 e. The Kier molecular flexibility index (Phi) is 6.77. The predicted octanol–water partition coefficient (Wildman–Crippen LogP) is 5.33. The molecule has 0 saturated carbocycles. The van der Waals surface area contributed by atoms with Crippen molar-refractivity contribution in [3.05, 3.63) is 62.0 Å². The van der Waals surface area contributed by atoms with Crippen LogP contribution in [-0.4, -0.2) is 22.1 Å².